The average Bonchev–Trinajstić information content (AvgIpc) is 3.64. The van der Waals surface area contributed by atoms with E-state index in [4.69, 9.17) is 19.2 Å². The molecular weight excluding hydrogens is 560 g/mol. The zero-order chi connectivity index (χ0) is 27.2. The highest BCUT2D eigenvalue weighted by molar-refractivity contribution is 9.10. The minimum absolute atomic E-state index is 0.296. The molecule has 0 saturated carbocycles. The van der Waals surface area contributed by atoms with Gasteiger partial charge in [0.05, 0.1) is 27.0 Å². The molecular formula is C29H31BrN6O3. The molecule has 1 unspecified atom stereocenters. The van der Waals surface area contributed by atoms with Crippen molar-refractivity contribution in [3.8, 4) is 17.5 Å². The topological polar surface area (TPSA) is 78.9 Å². The Hall–Kier alpha value is -4.05. The number of fused-ring (bicyclic) bond motifs is 1. The van der Waals surface area contributed by atoms with Gasteiger partial charge in [-0.25, -0.2) is 4.98 Å². The molecule has 10 heteroatoms. The number of imidazole rings is 1. The lowest BCUT2D eigenvalue weighted by atomic mass is 10.1. The molecule has 5 aromatic rings. The van der Waals surface area contributed by atoms with Crippen molar-refractivity contribution in [1.29, 1.82) is 0 Å². The Morgan fingerprint density at radius 1 is 0.897 bits per heavy atom. The normalized spacial score (nSPS) is 11.9. The summed E-state index contributed by atoms with van der Waals surface area (Å²) in [7, 11) is 3.33. The smallest absolute Gasteiger partial charge is 0.336 e. The summed E-state index contributed by atoms with van der Waals surface area (Å²) in [6.07, 6.45) is 6.66. The molecule has 3 aromatic heterocycles. The van der Waals surface area contributed by atoms with Gasteiger partial charge in [0.15, 0.2) is 11.5 Å². The van der Waals surface area contributed by atoms with Gasteiger partial charge in [-0.2, -0.15) is 9.50 Å². The molecule has 1 atom stereocenters. The van der Waals surface area contributed by atoms with Gasteiger partial charge < -0.3 is 23.7 Å². The largest absolute Gasteiger partial charge is 0.497 e. The fourth-order valence-corrected chi connectivity index (χ4v) is 4.66. The van der Waals surface area contributed by atoms with Gasteiger partial charge in [0.25, 0.3) is 0 Å². The molecule has 2 aromatic carbocycles. The summed E-state index contributed by atoms with van der Waals surface area (Å²) < 4.78 is 21.4. The summed E-state index contributed by atoms with van der Waals surface area (Å²) in [5.74, 6) is 2.30. The summed E-state index contributed by atoms with van der Waals surface area (Å²) in [4.78, 5) is 11.7. The number of aromatic nitrogens is 5. The van der Waals surface area contributed by atoms with Crippen molar-refractivity contribution in [1.82, 2.24) is 24.1 Å². The van der Waals surface area contributed by atoms with E-state index in [1.807, 2.05) is 36.4 Å². The van der Waals surface area contributed by atoms with Crippen molar-refractivity contribution in [3.63, 3.8) is 0 Å². The molecule has 9 nitrogen and oxygen atoms in total. The summed E-state index contributed by atoms with van der Waals surface area (Å²) in [5.41, 5.74) is 2.85. The van der Waals surface area contributed by atoms with Crippen LogP contribution in [0.1, 0.15) is 30.5 Å². The highest BCUT2D eigenvalue weighted by Crippen LogP contribution is 2.28. The van der Waals surface area contributed by atoms with Crippen LogP contribution in [-0.2, 0) is 13.1 Å². The van der Waals surface area contributed by atoms with E-state index in [2.05, 4.69) is 79.1 Å². The maximum atomic E-state index is 6.09. The molecule has 5 rings (SSSR count). The zero-order valence-electron chi connectivity index (χ0n) is 22.2. The zero-order valence-corrected chi connectivity index (χ0v) is 23.8. The molecule has 0 bridgehead atoms. The number of methoxy groups -OCH3 is 2. The number of ether oxygens (including phenoxy) is 3. The first-order valence-corrected chi connectivity index (χ1v) is 13.5. The molecule has 0 aliphatic heterocycles. The summed E-state index contributed by atoms with van der Waals surface area (Å²) >= 11 is 3.57. The maximum Gasteiger partial charge on any atom is 0.336 e. The van der Waals surface area contributed by atoms with Gasteiger partial charge in [-0.15, -0.1) is 5.10 Å². The van der Waals surface area contributed by atoms with Crippen molar-refractivity contribution in [2.75, 3.05) is 25.7 Å². The van der Waals surface area contributed by atoms with E-state index in [1.165, 1.54) is 0 Å². The molecule has 0 amide bonds. The predicted molar refractivity (Wildman–Crippen MR) is 154 cm³/mol. The Morgan fingerprint density at radius 3 is 2.05 bits per heavy atom. The van der Waals surface area contributed by atoms with Gasteiger partial charge in [0.2, 0.25) is 0 Å². The van der Waals surface area contributed by atoms with E-state index >= 15 is 0 Å². The van der Waals surface area contributed by atoms with Crippen LogP contribution in [0.2, 0.25) is 0 Å². The Labute approximate surface area is 236 Å². The first-order valence-electron chi connectivity index (χ1n) is 12.7. The van der Waals surface area contributed by atoms with Gasteiger partial charge in [-0.1, -0.05) is 24.3 Å². The second kappa shape index (κ2) is 12.2. The second-order valence-electron chi connectivity index (χ2n) is 9.20. The molecule has 0 radical (unpaired) electrons. The van der Waals surface area contributed by atoms with Gasteiger partial charge in [-0.05, 0) is 70.4 Å². The minimum Gasteiger partial charge on any atom is -0.497 e. The summed E-state index contributed by atoms with van der Waals surface area (Å²) in [6.45, 7) is 3.83. The lowest BCUT2D eigenvalue weighted by Crippen LogP contribution is -2.25. The number of halogens is 1. The van der Waals surface area contributed by atoms with Crippen LogP contribution in [0.3, 0.4) is 0 Å². The van der Waals surface area contributed by atoms with Gasteiger partial charge in [0, 0.05) is 37.9 Å². The number of rotatable bonds is 12. The van der Waals surface area contributed by atoms with Crippen LogP contribution in [-0.4, -0.2) is 45.0 Å². The molecule has 0 aliphatic rings. The van der Waals surface area contributed by atoms with Crippen LogP contribution in [0, 0.1) is 0 Å². The number of anilines is 1. The van der Waals surface area contributed by atoms with E-state index in [1.54, 1.807) is 24.9 Å². The third-order valence-electron chi connectivity index (χ3n) is 6.55. The number of nitrogens with zero attached hydrogens (tertiary/aromatic N) is 6. The van der Waals surface area contributed by atoms with Crippen LogP contribution in [0.15, 0.2) is 83.9 Å². The summed E-state index contributed by atoms with van der Waals surface area (Å²) in [5, 5.41) is 4.60. The van der Waals surface area contributed by atoms with Gasteiger partial charge in [0.1, 0.15) is 16.1 Å². The number of benzene rings is 2. The minimum atomic E-state index is 0.296. The fourth-order valence-electron chi connectivity index (χ4n) is 4.31. The van der Waals surface area contributed by atoms with Gasteiger partial charge >= 0.3 is 6.01 Å². The van der Waals surface area contributed by atoms with Crippen LogP contribution >= 0.6 is 15.9 Å². The Bertz CT molecular complexity index is 1440. The molecule has 39 heavy (non-hydrogen) atoms. The van der Waals surface area contributed by atoms with Crippen LogP contribution in [0.25, 0.3) is 5.65 Å². The molecule has 0 saturated heterocycles. The van der Waals surface area contributed by atoms with E-state index < -0.39 is 0 Å². The molecule has 3 heterocycles. The molecule has 0 spiro atoms. The van der Waals surface area contributed by atoms with E-state index in [9.17, 15) is 0 Å². The third-order valence-corrected chi connectivity index (χ3v) is 7.09. The van der Waals surface area contributed by atoms with E-state index in [-0.39, 0.29) is 0 Å². The maximum absolute atomic E-state index is 6.09. The molecule has 0 N–H and O–H groups in total. The molecule has 0 fully saturated rings. The first-order chi connectivity index (χ1) is 19.0. The number of hydrogen-bond acceptors (Lipinski definition) is 7. The van der Waals surface area contributed by atoms with Crippen molar-refractivity contribution < 1.29 is 14.2 Å². The lowest BCUT2D eigenvalue weighted by molar-refractivity contribution is 0.260. The second-order valence-corrected chi connectivity index (χ2v) is 10.0. The van der Waals surface area contributed by atoms with Crippen LogP contribution in [0.5, 0.6) is 17.5 Å². The number of hydrogen-bond donors (Lipinski definition) is 0. The monoisotopic (exact) mass is 590 g/mol. The highest BCUT2D eigenvalue weighted by Gasteiger charge is 2.20. The van der Waals surface area contributed by atoms with Crippen molar-refractivity contribution in [2.45, 2.75) is 32.5 Å². The lowest BCUT2D eigenvalue weighted by Gasteiger charge is -2.25. The fraction of sp³-hybridized carbons (Fsp3) is 0.276. The summed E-state index contributed by atoms with van der Waals surface area (Å²) in [6, 6.07) is 20.7. The van der Waals surface area contributed by atoms with E-state index in [0.29, 0.717) is 43.2 Å². The van der Waals surface area contributed by atoms with Crippen molar-refractivity contribution in [3.05, 3.63) is 95.0 Å². The Balaban J connectivity index is 1.46. The molecule has 0 aliphatic carbocycles. The highest BCUT2D eigenvalue weighted by atomic mass is 79.9. The van der Waals surface area contributed by atoms with E-state index in [0.717, 1.165) is 33.6 Å². The molecule has 202 valence electrons. The average molecular weight is 592 g/mol. The standard InChI is InChI=1S/C29H31BrN6O3/c1-21(34-15-4-5-16-34)14-17-39-29-32-28(27-31-18-26(30)36(27)33-29)35(19-22-6-10-24(37-2)11-7-22)20-23-8-12-25(38-3)13-9-23/h4-13,15-16,18,21H,14,17,19-20H2,1-3H3. The predicted octanol–water partition coefficient (Wildman–Crippen LogP) is 5.94. The Kier molecular flexibility index (Phi) is 8.31. The van der Waals surface area contributed by atoms with Gasteiger partial charge in [-0.3, -0.25) is 0 Å². The SMILES string of the molecule is COc1ccc(CN(Cc2ccc(OC)cc2)c2nc(OCCC(C)n3cccc3)nn3c(Br)cnc23)cc1. The van der Waals surface area contributed by atoms with Crippen molar-refractivity contribution >= 4 is 27.4 Å². The van der Waals surface area contributed by atoms with Crippen molar-refractivity contribution in [2.24, 2.45) is 0 Å². The van der Waals surface area contributed by atoms with Crippen LogP contribution < -0.4 is 19.1 Å². The quantitative estimate of drug-likeness (QED) is 0.178. The van der Waals surface area contributed by atoms with Crippen LogP contribution in [0.4, 0.5) is 5.82 Å². The third kappa shape index (κ3) is 6.34. The Morgan fingerprint density at radius 2 is 1.49 bits per heavy atom. The first kappa shape index (κ1) is 26.6.